The van der Waals surface area contributed by atoms with Gasteiger partial charge in [0.1, 0.15) is 11.6 Å². The topological polar surface area (TPSA) is 63.2 Å². The average Bonchev–Trinajstić information content (AvgIpc) is 2.25. The van der Waals surface area contributed by atoms with Gasteiger partial charge in [0.25, 0.3) is 0 Å². The van der Waals surface area contributed by atoms with Gasteiger partial charge in [0, 0.05) is 26.3 Å². The molecule has 1 amide bonds. The van der Waals surface area contributed by atoms with Crippen LogP contribution < -0.4 is 5.32 Å². The number of carbonyl (C=O) groups is 3. The second-order valence-corrected chi connectivity index (χ2v) is 4.08. The van der Waals surface area contributed by atoms with E-state index in [9.17, 15) is 14.4 Å². The summed E-state index contributed by atoms with van der Waals surface area (Å²) < 4.78 is 0. The largest absolute Gasteiger partial charge is 0.359 e. The van der Waals surface area contributed by atoms with Crippen LogP contribution in [0, 0.1) is 0 Å². The van der Waals surface area contributed by atoms with E-state index in [0.29, 0.717) is 17.9 Å². The van der Waals surface area contributed by atoms with E-state index in [0.717, 1.165) is 0 Å². The molecule has 0 bridgehead atoms. The summed E-state index contributed by atoms with van der Waals surface area (Å²) in [6, 6.07) is 0. The molecule has 0 saturated heterocycles. The Kier molecular flexibility index (Phi) is 7.99. The van der Waals surface area contributed by atoms with Gasteiger partial charge in [-0.1, -0.05) is 6.92 Å². The fourth-order valence-corrected chi connectivity index (χ4v) is 1.74. The first-order valence-corrected chi connectivity index (χ1v) is 6.07. The van der Waals surface area contributed by atoms with Gasteiger partial charge in [-0.15, -0.1) is 11.8 Å². The molecule has 0 fully saturated rings. The second-order valence-electron chi connectivity index (χ2n) is 3.10. The molecular formula is C10H17NO3S. The number of carbonyl (C=O) groups excluding carboxylic acids is 3. The average molecular weight is 231 g/mol. The lowest BCUT2D eigenvalue weighted by atomic mass is 10.2. The van der Waals surface area contributed by atoms with Crippen LogP contribution in [0.2, 0.25) is 0 Å². The minimum Gasteiger partial charge on any atom is -0.359 e. The Morgan fingerprint density at radius 2 is 1.67 bits per heavy atom. The SMILES string of the molecule is CCC(=O)CSCC(=O)CCC(=O)NC. The van der Waals surface area contributed by atoms with Crippen molar-refractivity contribution >= 4 is 29.2 Å². The predicted octanol–water partition coefficient (Wildman–Crippen LogP) is 0.794. The van der Waals surface area contributed by atoms with Gasteiger partial charge in [0.05, 0.1) is 11.5 Å². The van der Waals surface area contributed by atoms with Crippen molar-refractivity contribution in [1.29, 1.82) is 0 Å². The fourth-order valence-electron chi connectivity index (χ4n) is 0.831. The molecule has 86 valence electrons. The van der Waals surface area contributed by atoms with Crippen LogP contribution in [-0.4, -0.2) is 36.0 Å². The Balaban J connectivity index is 3.49. The Morgan fingerprint density at radius 1 is 1.07 bits per heavy atom. The molecule has 4 nitrogen and oxygen atoms in total. The van der Waals surface area contributed by atoms with Crippen LogP contribution in [0.25, 0.3) is 0 Å². The Morgan fingerprint density at radius 3 is 2.20 bits per heavy atom. The first-order chi connectivity index (χ1) is 7.10. The van der Waals surface area contributed by atoms with Crippen LogP contribution in [0.4, 0.5) is 0 Å². The number of ketones is 2. The molecule has 0 aromatic rings. The normalized spacial score (nSPS) is 9.73. The lowest BCUT2D eigenvalue weighted by Gasteiger charge is -2.00. The third kappa shape index (κ3) is 8.17. The van der Waals surface area contributed by atoms with E-state index >= 15 is 0 Å². The van der Waals surface area contributed by atoms with Crippen LogP contribution in [0.1, 0.15) is 26.2 Å². The minimum absolute atomic E-state index is 0.0208. The van der Waals surface area contributed by atoms with Gasteiger partial charge in [-0.3, -0.25) is 14.4 Å². The molecule has 5 heteroatoms. The number of amides is 1. The molecular weight excluding hydrogens is 214 g/mol. The van der Waals surface area contributed by atoms with Crippen LogP contribution in [0.3, 0.4) is 0 Å². The fraction of sp³-hybridized carbons (Fsp3) is 0.700. The van der Waals surface area contributed by atoms with E-state index in [2.05, 4.69) is 5.32 Å². The number of thioether (sulfide) groups is 1. The van der Waals surface area contributed by atoms with E-state index < -0.39 is 0 Å². The Bertz CT molecular complexity index is 241. The second kappa shape index (κ2) is 8.47. The summed E-state index contributed by atoms with van der Waals surface area (Å²) in [4.78, 5) is 33.0. The van der Waals surface area contributed by atoms with Gasteiger partial charge in [0.2, 0.25) is 5.91 Å². The molecule has 1 N–H and O–H groups in total. The standard InChI is InChI=1S/C10H17NO3S/c1-3-8(12)6-15-7-9(13)4-5-10(14)11-2/h3-7H2,1-2H3,(H,11,14). The maximum atomic E-state index is 11.2. The zero-order valence-electron chi connectivity index (χ0n) is 9.17. The monoisotopic (exact) mass is 231 g/mol. The summed E-state index contributed by atoms with van der Waals surface area (Å²) in [6.45, 7) is 1.80. The summed E-state index contributed by atoms with van der Waals surface area (Å²) in [5.41, 5.74) is 0. The van der Waals surface area contributed by atoms with Crippen LogP contribution in [0.5, 0.6) is 0 Å². The highest BCUT2D eigenvalue weighted by Crippen LogP contribution is 2.04. The van der Waals surface area contributed by atoms with E-state index in [1.54, 1.807) is 14.0 Å². The predicted molar refractivity (Wildman–Crippen MR) is 60.9 cm³/mol. The maximum Gasteiger partial charge on any atom is 0.220 e. The van der Waals surface area contributed by atoms with Crippen molar-refractivity contribution in [2.24, 2.45) is 0 Å². The van der Waals surface area contributed by atoms with Gasteiger partial charge in [-0.25, -0.2) is 0 Å². The number of hydrogen-bond acceptors (Lipinski definition) is 4. The first kappa shape index (κ1) is 14.2. The third-order valence-corrected chi connectivity index (χ3v) is 2.88. The van der Waals surface area contributed by atoms with E-state index in [1.165, 1.54) is 11.8 Å². The summed E-state index contributed by atoms with van der Waals surface area (Å²) >= 11 is 1.32. The van der Waals surface area contributed by atoms with Crippen molar-refractivity contribution in [1.82, 2.24) is 5.32 Å². The molecule has 0 aliphatic carbocycles. The van der Waals surface area contributed by atoms with E-state index in [-0.39, 0.29) is 30.3 Å². The van der Waals surface area contributed by atoms with Gasteiger partial charge < -0.3 is 5.32 Å². The number of Topliss-reactive ketones (excluding diaryl/α,β-unsaturated/α-hetero) is 2. The minimum atomic E-state index is -0.127. The lowest BCUT2D eigenvalue weighted by molar-refractivity contribution is -0.124. The smallest absolute Gasteiger partial charge is 0.220 e. The molecule has 0 aromatic heterocycles. The number of hydrogen-bond donors (Lipinski definition) is 1. The summed E-state index contributed by atoms with van der Waals surface area (Å²) in [6.07, 6.45) is 1.00. The molecule has 0 atom stereocenters. The van der Waals surface area contributed by atoms with Gasteiger partial charge >= 0.3 is 0 Å². The highest BCUT2D eigenvalue weighted by atomic mass is 32.2. The molecule has 0 spiro atoms. The molecule has 0 unspecified atom stereocenters. The molecule has 0 aliphatic heterocycles. The van der Waals surface area contributed by atoms with Crippen molar-refractivity contribution in [3.63, 3.8) is 0 Å². The van der Waals surface area contributed by atoms with Gasteiger partial charge in [0.15, 0.2) is 0 Å². The van der Waals surface area contributed by atoms with E-state index in [1.807, 2.05) is 0 Å². The zero-order chi connectivity index (χ0) is 11.7. The highest BCUT2D eigenvalue weighted by molar-refractivity contribution is 8.00. The number of rotatable bonds is 8. The molecule has 0 aliphatic rings. The molecule has 15 heavy (non-hydrogen) atoms. The van der Waals surface area contributed by atoms with E-state index in [4.69, 9.17) is 0 Å². The molecule has 0 heterocycles. The summed E-state index contributed by atoms with van der Waals surface area (Å²) in [7, 11) is 1.54. The van der Waals surface area contributed by atoms with Crippen molar-refractivity contribution in [3.8, 4) is 0 Å². The lowest BCUT2D eigenvalue weighted by Crippen LogP contribution is -2.19. The van der Waals surface area contributed by atoms with Crippen molar-refractivity contribution in [3.05, 3.63) is 0 Å². The Labute approximate surface area is 94.2 Å². The maximum absolute atomic E-state index is 11.2. The zero-order valence-corrected chi connectivity index (χ0v) is 9.99. The third-order valence-electron chi connectivity index (χ3n) is 1.83. The van der Waals surface area contributed by atoms with Gasteiger partial charge in [-0.2, -0.15) is 0 Å². The van der Waals surface area contributed by atoms with Crippen LogP contribution >= 0.6 is 11.8 Å². The first-order valence-electron chi connectivity index (χ1n) is 4.91. The summed E-state index contributed by atoms with van der Waals surface area (Å²) in [5.74, 6) is 0.759. The number of nitrogens with one attached hydrogen (secondary N) is 1. The van der Waals surface area contributed by atoms with Crippen molar-refractivity contribution in [2.75, 3.05) is 18.6 Å². The Hall–Kier alpha value is -0.840. The van der Waals surface area contributed by atoms with Crippen molar-refractivity contribution < 1.29 is 14.4 Å². The van der Waals surface area contributed by atoms with Crippen molar-refractivity contribution in [2.45, 2.75) is 26.2 Å². The van der Waals surface area contributed by atoms with Crippen LogP contribution in [-0.2, 0) is 14.4 Å². The van der Waals surface area contributed by atoms with Gasteiger partial charge in [-0.05, 0) is 0 Å². The van der Waals surface area contributed by atoms with Crippen LogP contribution in [0.15, 0.2) is 0 Å². The quantitative estimate of drug-likeness (QED) is 0.671. The molecule has 0 radical (unpaired) electrons. The molecule has 0 saturated carbocycles. The highest BCUT2D eigenvalue weighted by Gasteiger charge is 2.06. The molecule has 0 aromatic carbocycles. The summed E-state index contributed by atoms with van der Waals surface area (Å²) in [5, 5.41) is 2.45. The molecule has 0 rings (SSSR count).